The molecule has 1 saturated carbocycles. The van der Waals surface area contributed by atoms with Gasteiger partial charge in [-0.15, -0.1) is 0 Å². The first-order valence-electron chi connectivity index (χ1n) is 8.35. The fraction of sp³-hybridized carbons (Fsp3) is 0.353. The number of Topliss-reactive ketones (excluding diaryl/α,β-unsaturated/α-hetero) is 1. The molecule has 0 bridgehead atoms. The van der Waals surface area contributed by atoms with Crippen LogP contribution in [0.5, 0.6) is 5.88 Å². The molecule has 1 fully saturated rings. The minimum atomic E-state index is -2.99. The molecule has 0 unspecified atom stereocenters. The van der Waals surface area contributed by atoms with Crippen LogP contribution in [0.15, 0.2) is 24.5 Å². The molecular formula is C17H16F2N6O3. The first-order chi connectivity index (χ1) is 13.4. The zero-order chi connectivity index (χ0) is 20.3. The number of hydrogen-bond acceptors (Lipinski definition) is 7. The Morgan fingerprint density at radius 2 is 2.25 bits per heavy atom. The number of alkyl halides is 2. The molecule has 3 rings (SSSR count). The Morgan fingerprint density at radius 3 is 2.86 bits per heavy atom. The van der Waals surface area contributed by atoms with Crippen LogP contribution in [0.1, 0.15) is 35.7 Å². The quantitative estimate of drug-likeness (QED) is 0.771. The number of nitrogens with zero attached hydrogens (tertiary/aromatic N) is 4. The van der Waals surface area contributed by atoms with E-state index in [-0.39, 0.29) is 35.5 Å². The van der Waals surface area contributed by atoms with E-state index in [1.165, 1.54) is 29.2 Å². The van der Waals surface area contributed by atoms with Gasteiger partial charge in [0.2, 0.25) is 5.88 Å². The fourth-order valence-corrected chi connectivity index (χ4v) is 3.03. The predicted octanol–water partition coefficient (Wildman–Crippen LogP) is 2.16. The second-order valence-corrected chi connectivity index (χ2v) is 6.21. The third-order valence-electron chi connectivity index (χ3n) is 4.34. The van der Waals surface area contributed by atoms with Gasteiger partial charge in [0, 0.05) is 25.1 Å². The Labute approximate surface area is 158 Å². The van der Waals surface area contributed by atoms with Gasteiger partial charge in [0.1, 0.15) is 11.3 Å². The average molecular weight is 390 g/mol. The minimum Gasteiger partial charge on any atom is -0.417 e. The number of carbonyl (C=O) groups is 2. The predicted molar refractivity (Wildman–Crippen MR) is 91.9 cm³/mol. The maximum absolute atomic E-state index is 12.2. The van der Waals surface area contributed by atoms with E-state index in [1.807, 2.05) is 0 Å². The lowest BCUT2D eigenvalue weighted by molar-refractivity contribution is -0.121. The molecule has 1 amide bonds. The molecule has 9 nitrogen and oxygen atoms in total. The number of rotatable bonds is 6. The Balaban J connectivity index is 1.84. The number of carbonyl (C=O) groups excluding carboxylic acids is 2. The van der Waals surface area contributed by atoms with Gasteiger partial charge >= 0.3 is 6.61 Å². The van der Waals surface area contributed by atoms with Gasteiger partial charge in [-0.25, -0.2) is 4.98 Å². The molecule has 11 heteroatoms. The average Bonchev–Trinajstić information content (AvgIpc) is 3.06. The summed E-state index contributed by atoms with van der Waals surface area (Å²) in [6.45, 7) is -2.99. The maximum Gasteiger partial charge on any atom is 0.388 e. The number of anilines is 2. The number of nitriles is 1. The van der Waals surface area contributed by atoms with E-state index in [2.05, 4.69) is 26.2 Å². The molecule has 1 aliphatic rings. The number of halogens is 2. The summed E-state index contributed by atoms with van der Waals surface area (Å²) in [5.41, 5.74) is 5.86. The molecule has 2 atom stereocenters. The highest BCUT2D eigenvalue weighted by atomic mass is 19.3. The topological polar surface area (TPSA) is 136 Å². The smallest absolute Gasteiger partial charge is 0.388 e. The monoisotopic (exact) mass is 390 g/mol. The van der Waals surface area contributed by atoms with Crippen LogP contribution in [0.2, 0.25) is 0 Å². The lowest BCUT2D eigenvalue weighted by atomic mass is 9.85. The van der Waals surface area contributed by atoms with Gasteiger partial charge in [-0.3, -0.25) is 14.3 Å². The zero-order valence-electron chi connectivity index (χ0n) is 14.5. The van der Waals surface area contributed by atoms with E-state index < -0.39 is 18.4 Å². The number of hydrogen-bond donors (Lipinski definition) is 2. The molecule has 2 aromatic heterocycles. The standard InChI is InChI=1S/C17H16F2N6O3/c18-17(19)28-14-4-1-10(7-22-14)23-16-12(15(21)27)8-25(24-16)13-3-2-11(26)5-9(13)6-20/h1,4,7-9,13,17H,2-3,5H2,(H2,21,27)(H,23,24)/t9-,13+/m1/s1. The van der Waals surface area contributed by atoms with Crippen molar-refractivity contribution < 1.29 is 23.1 Å². The molecule has 0 saturated heterocycles. The summed E-state index contributed by atoms with van der Waals surface area (Å²) >= 11 is 0. The minimum absolute atomic E-state index is 0.0145. The molecule has 0 radical (unpaired) electrons. The first-order valence-corrected chi connectivity index (χ1v) is 8.35. The van der Waals surface area contributed by atoms with Crippen molar-refractivity contribution in [2.45, 2.75) is 31.9 Å². The summed E-state index contributed by atoms with van der Waals surface area (Å²) in [7, 11) is 0. The highest BCUT2D eigenvalue weighted by Gasteiger charge is 2.32. The van der Waals surface area contributed by atoms with Gasteiger partial charge in [0.25, 0.3) is 5.91 Å². The molecule has 28 heavy (non-hydrogen) atoms. The molecule has 1 aliphatic carbocycles. The highest BCUT2D eigenvalue weighted by Crippen LogP contribution is 2.33. The molecule has 3 N–H and O–H groups in total. The molecule has 2 heterocycles. The van der Waals surface area contributed by atoms with Crippen LogP contribution in [0.4, 0.5) is 20.3 Å². The summed E-state index contributed by atoms with van der Waals surface area (Å²) in [5, 5.41) is 16.5. The SMILES string of the molecule is N#C[C@H]1CC(=O)CC[C@@H]1n1cc(C(N)=O)c(Nc2ccc(OC(F)F)nc2)n1. The van der Waals surface area contributed by atoms with Crippen molar-refractivity contribution in [1.82, 2.24) is 14.8 Å². The highest BCUT2D eigenvalue weighted by molar-refractivity contribution is 5.98. The fourth-order valence-electron chi connectivity index (χ4n) is 3.03. The van der Waals surface area contributed by atoms with Crippen molar-refractivity contribution in [3.05, 3.63) is 30.1 Å². The van der Waals surface area contributed by atoms with Crippen molar-refractivity contribution in [3.8, 4) is 11.9 Å². The van der Waals surface area contributed by atoms with E-state index in [4.69, 9.17) is 5.73 Å². The van der Waals surface area contributed by atoms with Crippen LogP contribution in [0.25, 0.3) is 0 Å². The van der Waals surface area contributed by atoms with E-state index in [0.717, 1.165) is 0 Å². The van der Waals surface area contributed by atoms with Gasteiger partial charge in [-0.1, -0.05) is 0 Å². The third-order valence-corrected chi connectivity index (χ3v) is 4.34. The van der Waals surface area contributed by atoms with E-state index in [0.29, 0.717) is 18.5 Å². The van der Waals surface area contributed by atoms with Crippen LogP contribution in [-0.2, 0) is 4.79 Å². The first kappa shape index (κ1) is 19.2. The lowest BCUT2D eigenvalue weighted by Crippen LogP contribution is -2.27. The summed E-state index contributed by atoms with van der Waals surface area (Å²) in [6.07, 6.45) is 3.55. The van der Waals surface area contributed by atoms with E-state index >= 15 is 0 Å². The molecule has 146 valence electrons. The van der Waals surface area contributed by atoms with Crippen LogP contribution in [0.3, 0.4) is 0 Å². The number of nitrogens with one attached hydrogen (secondary N) is 1. The van der Waals surface area contributed by atoms with Crippen molar-refractivity contribution in [2.24, 2.45) is 11.7 Å². The van der Waals surface area contributed by atoms with Crippen molar-refractivity contribution in [2.75, 3.05) is 5.32 Å². The van der Waals surface area contributed by atoms with E-state index in [1.54, 1.807) is 0 Å². The number of primary amides is 1. The number of aromatic nitrogens is 3. The third kappa shape index (κ3) is 4.22. The second kappa shape index (κ2) is 7.99. The zero-order valence-corrected chi connectivity index (χ0v) is 14.5. The molecule has 0 aliphatic heterocycles. The summed E-state index contributed by atoms with van der Waals surface area (Å²) in [4.78, 5) is 27.1. The summed E-state index contributed by atoms with van der Waals surface area (Å²) in [6, 6.07) is 4.40. The summed E-state index contributed by atoms with van der Waals surface area (Å²) < 4.78 is 30.0. The number of ketones is 1. The number of ether oxygens (including phenoxy) is 1. The van der Waals surface area contributed by atoms with Gasteiger partial charge in [-0.05, 0) is 12.5 Å². The lowest BCUT2D eigenvalue weighted by Gasteiger charge is -2.26. The van der Waals surface area contributed by atoms with Gasteiger partial charge in [0.15, 0.2) is 5.82 Å². The molecule has 0 spiro atoms. The Morgan fingerprint density at radius 1 is 1.46 bits per heavy atom. The molecule has 2 aromatic rings. The van der Waals surface area contributed by atoms with Gasteiger partial charge in [0.05, 0.1) is 29.9 Å². The largest absolute Gasteiger partial charge is 0.417 e. The molecule has 0 aromatic carbocycles. The normalized spacial score (nSPS) is 19.3. The number of amides is 1. The van der Waals surface area contributed by atoms with E-state index in [9.17, 15) is 23.6 Å². The Kier molecular flexibility index (Phi) is 5.49. The van der Waals surface area contributed by atoms with Crippen LogP contribution in [0, 0.1) is 17.2 Å². The summed E-state index contributed by atoms with van der Waals surface area (Å²) in [5.74, 6) is -1.40. The maximum atomic E-state index is 12.2. The Bertz CT molecular complexity index is 922. The number of pyridine rings is 1. The van der Waals surface area contributed by atoms with Crippen molar-refractivity contribution >= 4 is 23.2 Å². The van der Waals surface area contributed by atoms with Crippen molar-refractivity contribution in [1.29, 1.82) is 5.26 Å². The van der Waals surface area contributed by atoms with Crippen LogP contribution >= 0.6 is 0 Å². The molecular weight excluding hydrogens is 374 g/mol. The Hall–Kier alpha value is -3.55. The number of nitrogens with two attached hydrogens (primary N) is 1. The van der Waals surface area contributed by atoms with Gasteiger partial charge < -0.3 is 15.8 Å². The van der Waals surface area contributed by atoms with Gasteiger partial charge in [-0.2, -0.15) is 19.1 Å². The van der Waals surface area contributed by atoms with Crippen molar-refractivity contribution in [3.63, 3.8) is 0 Å². The van der Waals surface area contributed by atoms with Crippen LogP contribution < -0.4 is 15.8 Å². The van der Waals surface area contributed by atoms with Crippen LogP contribution in [-0.4, -0.2) is 33.1 Å². The second-order valence-electron chi connectivity index (χ2n) is 6.21.